The van der Waals surface area contributed by atoms with Crippen LogP contribution in [0.25, 0.3) is 0 Å². The van der Waals surface area contributed by atoms with E-state index in [9.17, 15) is 4.79 Å². The summed E-state index contributed by atoms with van der Waals surface area (Å²) in [5.74, 6) is -0.468. The van der Waals surface area contributed by atoms with Gasteiger partial charge in [0.15, 0.2) is 6.29 Å². The van der Waals surface area contributed by atoms with Gasteiger partial charge in [-0.1, -0.05) is 6.58 Å². The first kappa shape index (κ1) is 8.17. The highest BCUT2D eigenvalue weighted by Gasteiger charge is 2.01. The van der Waals surface area contributed by atoms with Crippen molar-refractivity contribution < 1.29 is 14.3 Å². The first-order valence-corrected chi connectivity index (χ1v) is 2.56. The van der Waals surface area contributed by atoms with Gasteiger partial charge in [-0.3, -0.25) is 0 Å². The standard InChI is InChI=1S/C6H10O3/c1-4-6(7)9-5(2)8-3/h4-5H,1H2,2-3H3. The van der Waals surface area contributed by atoms with Gasteiger partial charge in [-0.15, -0.1) is 0 Å². The Bertz CT molecular complexity index is 109. The predicted molar refractivity (Wildman–Crippen MR) is 32.8 cm³/mol. The minimum Gasteiger partial charge on any atom is -0.433 e. The fourth-order valence-electron chi connectivity index (χ4n) is 0.260. The molecular formula is C6H10O3. The van der Waals surface area contributed by atoms with Crippen molar-refractivity contribution in [1.29, 1.82) is 0 Å². The molecule has 0 aromatic carbocycles. The van der Waals surface area contributed by atoms with E-state index in [-0.39, 0.29) is 0 Å². The molecule has 0 rings (SSSR count). The molecule has 0 aliphatic heterocycles. The molecular weight excluding hydrogens is 120 g/mol. The molecule has 0 aliphatic carbocycles. The predicted octanol–water partition coefficient (Wildman–Crippen LogP) is 0.708. The molecule has 0 radical (unpaired) electrons. The van der Waals surface area contributed by atoms with Crippen LogP contribution in [-0.2, 0) is 14.3 Å². The minimum atomic E-state index is -0.490. The quantitative estimate of drug-likeness (QED) is 0.320. The summed E-state index contributed by atoms with van der Waals surface area (Å²) in [5.41, 5.74) is 0. The van der Waals surface area contributed by atoms with E-state index in [0.717, 1.165) is 6.08 Å². The zero-order valence-corrected chi connectivity index (χ0v) is 5.59. The van der Waals surface area contributed by atoms with Gasteiger partial charge in [-0.2, -0.15) is 0 Å². The van der Waals surface area contributed by atoms with Crippen molar-refractivity contribution in [2.24, 2.45) is 0 Å². The Hall–Kier alpha value is -0.830. The van der Waals surface area contributed by atoms with Gasteiger partial charge in [0.2, 0.25) is 0 Å². The van der Waals surface area contributed by atoms with Gasteiger partial charge < -0.3 is 9.47 Å². The molecule has 9 heavy (non-hydrogen) atoms. The molecule has 1 atom stereocenters. The summed E-state index contributed by atoms with van der Waals surface area (Å²) in [4.78, 5) is 10.4. The van der Waals surface area contributed by atoms with Crippen molar-refractivity contribution >= 4 is 5.97 Å². The highest BCUT2D eigenvalue weighted by Crippen LogP contribution is 1.90. The summed E-state index contributed by atoms with van der Waals surface area (Å²) in [5, 5.41) is 0. The van der Waals surface area contributed by atoms with E-state index in [1.165, 1.54) is 7.11 Å². The SMILES string of the molecule is C=CC(=O)OC(C)OC. The fraction of sp³-hybridized carbons (Fsp3) is 0.500. The molecule has 0 spiro atoms. The van der Waals surface area contributed by atoms with E-state index >= 15 is 0 Å². The third-order valence-corrected chi connectivity index (χ3v) is 0.781. The number of hydrogen-bond acceptors (Lipinski definition) is 3. The van der Waals surface area contributed by atoms with Crippen molar-refractivity contribution in [3.63, 3.8) is 0 Å². The molecule has 3 nitrogen and oxygen atoms in total. The summed E-state index contributed by atoms with van der Waals surface area (Å²) in [6.45, 7) is 4.84. The Morgan fingerprint density at radius 3 is 2.67 bits per heavy atom. The summed E-state index contributed by atoms with van der Waals surface area (Å²) in [7, 11) is 1.46. The van der Waals surface area contributed by atoms with E-state index in [4.69, 9.17) is 0 Å². The van der Waals surface area contributed by atoms with Crippen LogP contribution in [0.1, 0.15) is 6.92 Å². The molecule has 0 aromatic heterocycles. The number of ether oxygens (including phenoxy) is 2. The maximum Gasteiger partial charge on any atom is 0.332 e. The minimum absolute atomic E-state index is 0.468. The number of methoxy groups -OCH3 is 1. The Morgan fingerprint density at radius 2 is 2.33 bits per heavy atom. The molecule has 3 heteroatoms. The van der Waals surface area contributed by atoms with Gasteiger partial charge in [0.1, 0.15) is 0 Å². The van der Waals surface area contributed by atoms with Crippen molar-refractivity contribution in [2.45, 2.75) is 13.2 Å². The molecule has 0 saturated heterocycles. The topological polar surface area (TPSA) is 35.5 Å². The van der Waals surface area contributed by atoms with Gasteiger partial charge in [-0.25, -0.2) is 4.79 Å². The molecule has 0 N–H and O–H groups in total. The normalized spacial score (nSPS) is 12.2. The monoisotopic (exact) mass is 130 g/mol. The Balaban J connectivity index is 3.46. The van der Waals surface area contributed by atoms with Crippen LogP contribution >= 0.6 is 0 Å². The first-order chi connectivity index (χ1) is 4.20. The van der Waals surface area contributed by atoms with Gasteiger partial charge in [-0.05, 0) is 6.92 Å². The van der Waals surface area contributed by atoms with Crippen LogP contribution in [0, 0.1) is 0 Å². The third kappa shape index (κ3) is 3.73. The van der Waals surface area contributed by atoms with E-state index in [2.05, 4.69) is 16.1 Å². The van der Waals surface area contributed by atoms with Crippen molar-refractivity contribution in [2.75, 3.05) is 7.11 Å². The summed E-state index contributed by atoms with van der Waals surface area (Å²) < 4.78 is 9.20. The lowest BCUT2D eigenvalue weighted by atomic mass is 10.6. The molecule has 0 heterocycles. The zero-order chi connectivity index (χ0) is 7.28. The van der Waals surface area contributed by atoms with E-state index in [1.54, 1.807) is 6.92 Å². The van der Waals surface area contributed by atoms with Crippen molar-refractivity contribution in [3.8, 4) is 0 Å². The Kier molecular flexibility index (Phi) is 3.71. The Morgan fingerprint density at radius 1 is 1.78 bits per heavy atom. The average Bonchev–Trinajstić information content (AvgIpc) is 1.87. The molecule has 0 saturated carbocycles. The van der Waals surface area contributed by atoms with Gasteiger partial charge >= 0.3 is 5.97 Å². The summed E-state index contributed by atoms with van der Waals surface area (Å²) in [6.07, 6.45) is 0.602. The number of carbonyl (C=O) groups is 1. The third-order valence-electron chi connectivity index (χ3n) is 0.781. The number of carbonyl (C=O) groups excluding carboxylic acids is 1. The number of rotatable bonds is 3. The summed E-state index contributed by atoms with van der Waals surface area (Å²) in [6, 6.07) is 0. The van der Waals surface area contributed by atoms with Crippen LogP contribution in [0.5, 0.6) is 0 Å². The maximum absolute atomic E-state index is 10.4. The zero-order valence-electron chi connectivity index (χ0n) is 5.59. The lowest BCUT2D eigenvalue weighted by molar-refractivity contribution is -0.163. The lowest BCUT2D eigenvalue weighted by Gasteiger charge is -2.07. The molecule has 0 bridgehead atoms. The maximum atomic E-state index is 10.4. The van der Waals surface area contributed by atoms with Gasteiger partial charge in [0, 0.05) is 13.2 Å². The van der Waals surface area contributed by atoms with Crippen molar-refractivity contribution in [1.82, 2.24) is 0 Å². The molecule has 1 unspecified atom stereocenters. The highest BCUT2D eigenvalue weighted by atomic mass is 16.7. The summed E-state index contributed by atoms with van der Waals surface area (Å²) >= 11 is 0. The Labute approximate surface area is 54.3 Å². The second-order valence-electron chi connectivity index (χ2n) is 1.44. The van der Waals surface area contributed by atoms with Crippen molar-refractivity contribution in [3.05, 3.63) is 12.7 Å². The second kappa shape index (κ2) is 4.09. The molecule has 0 aromatic rings. The molecule has 0 aliphatic rings. The van der Waals surface area contributed by atoms with Crippen LogP contribution in [0.15, 0.2) is 12.7 Å². The van der Waals surface area contributed by atoms with Gasteiger partial charge in [0.25, 0.3) is 0 Å². The van der Waals surface area contributed by atoms with Crippen LogP contribution in [0.4, 0.5) is 0 Å². The molecule has 0 fully saturated rings. The smallest absolute Gasteiger partial charge is 0.332 e. The lowest BCUT2D eigenvalue weighted by Crippen LogP contribution is -2.14. The fourth-order valence-corrected chi connectivity index (χ4v) is 0.260. The molecule has 52 valence electrons. The largest absolute Gasteiger partial charge is 0.433 e. The van der Waals surface area contributed by atoms with Crippen LogP contribution in [-0.4, -0.2) is 19.4 Å². The number of hydrogen-bond donors (Lipinski definition) is 0. The van der Waals surface area contributed by atoms with E-state index in [0.29, 0.717) is 0 Å². The number of esters is 1. The van der Waals surface area contributed by atoms with Gasteiger partial charge in [0.05, 0.1) is 0 Å². The highest BCUT2D eigenvalue weighted by molar-refractivity contribution is 5.81. The van der Waals surface area contributed by atoms with Crippen LogP contribution in [0.3, 0.4) is 0 Å². The second-order valence-corrected chi connectivity index (χ2v) is 1.44. The first-order valence-electron chi connectivity index (χ1n) is 2.56. The van der Waals surface area contributed by atoms with Crippen LogP contribution in [0.2, 0.25) is 0 Å². The average molecular weight is 130 g/mol. The molecule has 0 amide bonds. The van der Waals surface area contributed by atoms with Crippen LogP contribution < -0.4 is 0 Å². The van der Waals surface area contributed by atoms with E-state index in [1.807, 2.05) is 0 Å². The van der Waals surface area contributed by atoms with E-state index < -0.39 is 12.3 Å².